The molecule has 2 rings (SSSR count). The van der Waals surface area contributed by atoms with E-state index < -0.39 is 0 Å². The third-order valence-electron chi connectivity index (χ3n) is 3.42. The van der Waals surface area contributed by atoms with Gasteiger partial charge in [-0.15, -0.1) is 5.10 Å². The van der Waals surface area contributed by atoms with Crippen LogP contribution in [0.25, 0.3) is 0 Å². The lowest BCUT2D eigenvalue weighted by molar-refractivity contribution is 0.593. The van der Waals surface area contributed by atoms with E-state index in [9.17, 15) is 0 Å². The van der Waals surface area contributed by atoms with Crippen LogP contribution in [0.1, 0.15) is 34.0 Å². The Morgan fingerprint density at radius 3 is 2.21 bits per heavy atom. The minimum atomic E-state index is 0.0787. The average Bonchev–Trinajstić information content (AvgIpc) is 2.64. The molecule has 0 aliphatic heterocycles. The second-order valence-corrected chi connectivity index (χ2v) is 5.67. The fourth-order valence-corrected chi connectivity index (χ4v) is 3.27. The van der Waals surface area contributed by atoms with E-state index in [1.807, 2.05) is 18.8 Å². The molecule has 0 saturated heterocycles. The van der Waals surface area contributed by atoms with Crippen molar-refractivity contribution in [2.24, 2.45) is 7.05 Å². The monoisotopic (exact) mass is 322 g/mol. The van der Waals surface area contributed by atoms with E-state index in [1.165, 1.54) is 22.3 Å². The lowest BCUT2D eigenvalue weighted by atomic mass is 9.92. The molecule has 1 N–H and O–H groups in total. The van der Waals surface area contributed by atoms with Crippen molar-refractivity contribution < 1.29 is 0 Å². The highest BCUT2D eigenvalue weighted by Gasteiger charge is 2.23. The van der Waals surface area contributed by atoms with Crippen LogP contribution in [0.2, 0.25) is 0 Å². The molecule has 4 nitrogen and oxygen atoms in total. The van der Waals surface area contributed by atoms with E-state index in [0.717, 1.165) is 10.3 Å². The van der Waals surface area contributed by atoms with Gasteiger partial charge in [-0.2, -0.15) is 0 Å². The van der Waals surface area contributed by atoms with Crippen molar-refractivity contribution in [1.29, 1.82) is 0 Å². The van der Waals surface area contributed by atoms with Crippen molar-refractivity contribution in [3.8, 4) is 0 Å². The molecule has 0 fully saturated rings. The van der Waals surface area contributed by atoms with Crippen LogP contribution >= 0.6 is 15.9 Å². The third kappa shape index (κ3) is 2.58. The Morgan fingerprint density at radius 2 is 1.79 bits per heavy atom. The van der Waals surface area contributed by atoms with Gasteiger partial charge in [0.2, 0.25) is 0 Å². The first-order valence-electron chi connectivity index (χ1n) is 6.25. The van der Waals surface area contributed by atoms with Crippen LogP contribution in [0, 0.1) is 20.8 Å². The minimum absolute atomic E-state index is 0.0787. The smallest absolute Gasteiger partial charge is 0.153 e. The molecule has 102 valence electrons. The Labute approximate surface area is 122 Å². The number of aromatic nitrogens is 3. The lowest BCUT2D eigenvalue weighted by Gasteiger charge is -2.22. The topological polar surface area (TPSA) is 42.7 Å². The normalized spacial score (nSPS) is 12.7. The van der Waals surface area contributed by atoms with Gasteiger partial charge in [0.25, 0.3) is 0 Å². The van der Waals surface area contributed by atoms with E-state index in [4.69, 9.17) is 0 Å². The quantitative estimate of drug-likeness (QED) is 0.944. The van der Waals surface area contributed by atoms with E-state index in [2.05, 4.69) is 64.5 Å². The molecule has 1 aromatic heterocycles. The lowest BCUT2D eigenvalue weighted by Crippen LogP contribution is -2.23. The second kappa shape index (κ2) is 5.43. The van der Waals surface area contributed by atoms with E-state index in [1.54, 1.807) is 0 Å². The molecule has 1 heterocycles. The summed E-state index contributed by atoms with van der Waals surface area (Å²) in [6.07, 6.45) is 0. The zero-order valence-electron chi connectivity index (χ0n) is 12.0. The van der Waals surface area contributed by atoms with Crippen LogP contribution in [0.3, 0.4) is 0 Å². The number of rotatable bonds is 3. The van der Waals surface area contributed by atoms with Gasteiger partial charge in [-0.1, -0.05) is 22.9 Å². The molecular weight excluding hydrogens is 304 g/mol. The summed E-state index contributed by atoms with van der Waals surface area (Å²) in [6, 6.07) is 4.50. The van der Waals surface area contributed by atoms with Crippen molar-refractivity contribution in [2.75, 3.05) is 7.05 Å². The Balaban J connectivity index is 2.61. The summed E-state index contributed by atoms with van der Waals surface area (Å²) >= 11 is 3.48. The molecule has 0 bridgehead atoms. The first kappa shape index (κ1) is 14.2. The standard InChI is InChI=1S/C14H19BrN4/c1-8-6-9(2)11(10(3)7-8)12(16-4)13-14(15)17-18-19(13)5/h6-7,12,16H,1-5H3. The van der Waals surface area contributed by atoms with Gasteiger partial charge >= 0.3 is 0 Å². The van der Waals surface area contributed by atoms with E-state index in [-0.39, 0.29) is 6.04 Å². The summed E-state index contributed by atoms with van der Waals surface area (Å²) in [5.74, 6) is 0. The molecule has 0 spiro atoms. The highest BCUT2D eigenvalue weighted by atomic mass is 79.9. The maximum atomic E-state index is 4.08. The van der Waals surface area contributed by atoms with E-state index >= 15 is 0 Å². The molecule has 0 radical (unpaired) electrons. The molecule has 19 heavy (non-hydrogen) atoms. The summed E-state index contributed by atoms with van der Waals surface area (Å²) in [6.45, 7) is 6.43. The Hall–Kier alpha value is -1.20. The fourth-order valence-electron chi connectivity index (χ4n) is 2.71. The number of hydrogen-bond donors (Lipinski definition) is 1. The zero-order chi connectivity index (χ0) is 14.2. The zero-order valence-corrected chi connectivity index (χ0v) is 13.5. The van der Waals surface area contributed by atoms with Crippen LogP contribution in [0.15, 0.2) is 16.7 Å². The van der Waals surface area contributed by atoms with Crippen LogP contribution in [0.4, 0.5) is 0 Å². The van der Waals surface area contributed by atoms with Crippen molar-refractivity contribution in [3.63, 3.8) is 0 Å². The van der Waals surface area contributed by atoms with Gasteiger partial charge in [0.05, 0.1) is 11.7 Å². The number of nitrogens with zero attached hydrogens (tertiary/aromatic N) is 3. The maximum absolute atomic E-state index is 4.08. The third-order valence-corrected chi connectivity index (χ3v) is 3.98. The number of aryl methyl sites for hydroxylation is 4. The molecule has 0 aliphatic rings. The van der Waals surface area contributed by atoms with Gasteiger partial charge in [0.15, 0.2) is 4.60 Å². The summed E-state index contributed by atoms with van der Waals surface area (Å²) < 4.78 is 2.60. The molecule has 1 unspecified atom stereocenters. The maximum Gasteiger partial charge on any atom is 0.153 e. The molecule has 0 saturated carbocycles. The van der Waals surface area contributed by atoms with Crippen LogP contribution in [-0.4, -0.2) is 22.0 Å². The summed E-state index contributed by atoms with van der Waals surface area (Å²) in [7, 11) is 3.87. The van der Waals surface area contributed by atoms with Crippen molar-refractivity contribution in [2.45, 2.75) is 26.8 Å². The summed E-state index contributed by atoms with van der Waals surface area (Å²) in [5.41, 5.74) is 6.18. The Kier molecular flexibility index (Phi) is 4.06. The molecule has 2 aromatic rings. The number of nitrogens with one attached hydrogen (secondary N) is 1. The predicted octanol–water partition coefficient (Wildman–Crippen LogP) is 2.81. The van der Waals surface area contributed by atoms with Gasteiger partial charge < -0.3 is 5.32 Å². The molecule has 0 aliphatic carbocycles. The fraction of sp³-hybridized carbons (Fsp3) is 0.429. The number of hydrogen-bond acceptors (Lipinski definition) is 3. The number of halogens is 1. The van der Waals surface area contributed by atoms with E-state index in [0.29, 0.717) is 0 Å². The van der Waals surface area contributed by atoms with Crippen LogP contribution in [0.5, 0.6) is 0 Å². The molecule has 0 amide bonds. The van der Waals surface area contributed by atoms with Gasteiger partial charge in [0.1, 0.15) is 0 Å². The van der Waals surface area contributed by atoms with Crippen LogP contribution in [-0.2, 0) is 7.05 Å². The van der Waals surface area contributed by atoms with Gasteiger partial charge in [-0.05, 0) is 60.4 Å². The largest absolute Gasteiger partial charge is 0.308 e. The Bertz CT molecular complexity index is 561. The minimum Gasteiger partial charge on any atom is -0.308 e. The van der Waals surface area contributed by atoms with Crippen LogP contribution < -0.4 is 5.32 Å². The first-order valence-corrected chi connectivity index (χ1v) is 7.05. The first-order chi connectivity index (χ1) is 8.95. The van der Waals surface area contributed by atoms with Gasteiger partial charge in [-0.3, -0.25) is 0 Å². The predicted molar refractivity (Wildman–Crippen MR) is 80.3 cm³/mol. The van der Waals surface area contributed by atoms with Crippen molar-refractivity contribution in [3.05, 3.63) is 44.7 Å². The highest BCUT2D eigenvalue weighted by Crippen LogP contribution is 2.31. The molecule has 5 heteroatoms. The summed E-state index contributed by atoms with van der Waals surface area (Å²) in [5, 5.41) is 11.5. The number of benzene rings is 1. The molecule has 1 atom stereocenters. The van der Waals surface area contributed by atoms with Crippen molar-refractivity contribution in [1.82, 2.24) is 20.3 Å². The molecule has 1 aromatic carbocycles. The van der Waals surface area contributed by atoms with Gasteiger partial charge in [-0.25, -0.2) is 4.68 Å². The summed E-state index contributed by atoms with van der Waals surface area (Å²) in [4.78, 5) is 0. The SMILES string of the molecule is CNC(c1c(C)cc(C)cc1C)c1c(Br)nnn1C. The molecular formula is C14H19BrN4. The van der Waals surface area contributed by atoms with Gasteiger partial charge in [0, 0.05) is 7.05 Å². The Morgan fingerprint density at radius 1 is 1.21 bits per heavy atom. The second-order valence-electron chi connectivity index (χ2n) is 4.92. The highest BCUT2D eigenvalue weighted by molar-refractivity contribution is 9.10. The average molecular weight is 323 g/mol. The van der Waals surface area contributed by atoms with Crippen molar-refractivity contribution >= 4 is 15.9 Å².